The number of rotatable bonds is 12. The molecule has 0 atom stereocenters. The fourth-order valence-electron chi connectivity index (χ4n) is 3.84. The van der Waals surface area contributed by atoms with E-state index in [2.05, 4.69) is 4.57 Å². The summed E-state index contributed by atoms with van der Waals surface area (Å²) in [5.41, 5.74) is 2.85. The Labute approximate surface area is 219 Å². The molecule has 4 rings (SSSR count). The summed E-state index contributed by atoms with van der Waals surface area (Å²) >= 11 is 7.53. The zero-order chi connectivity index (χ0) is 25.5. The van der Waals surface area contributed by atoms with Crippen molar-refractivity contribution in [1.82, 2.24) is 9.55 Å². The van der Waals surface area contributed by atoms with Gasteiger partial charge in [0.05, 0.1) is 35.7 Å². The molecular formula is C27H29ClN2O5S. The van der Waals surface area contributed by atoms with Crippen LogP contribution in [0.3, 0.4) is 0 Å². The number of esters is 1. The predicted molar refractivity (Wildman–Crippen MR) is 142 cm³/mol. The van der Waals surface area contributed by atoms with E-state index in [1.165, 1.54) is 11.3 Å². The minimum atomic E-state index is -0.228. The van der Waals surface area contributed by atoms with Crippen molar-refractivity contribution < 1.29 is 23.7 Å². The maximum absolute atomic E-state index is 11.9. The molecule has 0 fully saturated rings. The molecular weight excluding hydrogens is 500 g/mol. The highest BCUT2D eigenvalue weighted by molar-refractivity contribution is 7.16. The maximum Gasteiger partial charge on any atom is 0.306 e. The SMILES string of the molecule is CCOC(=O)CCc1ccc(OCCc2nc3ccc(OC)cc3n2C)cc1OCc1ccc(Cl)s1. The third-order valence-corrected chi connectivity index (χ3v) is 6.92. The van der Waals surface area contributed by atoms with Crippen LogP contribution in [0.25, 0.3) is 11.0 Å². The lowest BCUT2D eigenvalue weighted by atomic mass is 10.1. The molecule has 2 heterocycles. The number of aryl methyl sites for hydroxylation is 2. The van der Waals surface area contributed by atoms with Gasteiger partial charge in [0.2, 0.25) is 0 Å². The number of aromatic nitrogens is 2. The van der Waals surface area contributed by atoms with E-state index in [4.69, 9.17) is 35.5 Å². The number of imidazole rings is 1. The Kier molecular flexibility index (Phi) is 8.72. The number of nitrogens with zero attached hydrogens (tertiary/aromatic N) is 2. The molecule has 0 aliphatic heterocycles. The molecule has 7 nitrogen and oxygen atoms in total. The van der Waals surface area contributed by atoms with E-state index in [-0.39, 0.29) is 12.4 Å². The normalized spacial score (nSPS) is 11.0. The second kappa shape index (κ2) is 12.1. The van der Waals surface area contributed by atoms with E-state index in [1.807, 2.05) is 55.6 Å². The smallest absolute Gasteiger partial charge is 0.306 e. The van der Waals surface area contributed by atoms with Gasteiger partial charge in [-0.15, -0.1) is 11.3 Å². The summed E-state index contributed by atoms with van der Waals surface area (Å²) in [6.45, 7) is 3.01. The van der Waals surface area contributed by atoms with E-state index >= 15 is 0 Å². The molecule has 0 aliphatic carbocycles. The number of hydrogen-bond acceptors (Lipinski definition) is 7. The monoisotopic (exact) mass is 528 g/mol. The van der Waals surface area contributed by atoms with Crippen molar-refractivity contribution in [2.45, 2.75) is 32.8 Å². The zero-order valence-corrected chi connectivity index (χ0v) is 22.2. The van der Waals surface area contributed by atoms with Crippen LogP contribution in [0, 0.1) is 0 Å². The lowest BCUT2D eigenvalue weighted by Crippen LogP contribution is -2.08. The largest absolute Gasteiger partial charge is 0.497 e. The number of carbonyl (C=O) groups is 1. The lowest BCUT2D eigenvalue weighted by molar-refractivity contribution is -0.143. The van der Waals surface area contributed by atoms with Crippen LogP contribution in [0.2, 0.25) is 4.34 Å². The highest BCUT2D eigenvalue weighted by Crippen LogP contribution is 2.29. The third kappa shape index (κ3) is 6.50. The molecule has 0 aliphatic rings. The molecule has 4 aromatic rings. The highest BCUT2D eigenvalue weighted by Gasteiger charge is 2.12. The van der Waals surface area contributed by atoms with Crippen LogP contribution in [-0.4, -0.2) is 35.8 Å². The number of halogens is 1. The minimum Gasteiger partial charge on any atom is -0.497 e. The Morgan fingerprint density at radius 1 is 1.06 bits per heavy atom. The minimum absolute atomic E-state index is 0.228. The predicted octanol–water partition coefficient (Wildman–Crippen LogP) is 5.99. The number of thiophene rings is 1. The standard InChI is InChI=1S/C27H29ClN2O5S/c1-4-33-27(31)12-6-18-5-7-20(16-24(18)35-17-21-9-11-25(28)36-21)34-14-13-26-29-22-10-8-19(32-3)15-23(22)30(26)2/h5,7-11,15-16H,4,6,12-14,17H2,1-3H3. The maximum atomic E-state index is 11.9. The van der Waals surface area contributed by atoms with Gasteiger partial charge in [-0.1, -0.05) is 17.7 Å². The summed E-state index contributed by atoms with van der Waals surface area (Å²) < 4.78 is 25.3. The first kappa shape index (κ1) is 25.9. The summed E-state index contributed by atoms with van der Waals surface area (Å²) in [7, 11) is 3.65. The van der Waals surface area contributed by atoms with Crippen LogP contribution in [-0.2, 0) is 36.0 Å². The van der Waals surface area contributed by atoms with Crippen molar-refractivity contribution in [2.75, 3.05) is 20.3 Å². The van der Waals surface area contributed by atoms with Crippen molar-refractivity contribution in [2.24, 2.45) is 7.05 Å². The summed E-state index contributed by atoms with van der Waals surface area (Å²) in [4.78, 5) is 17.6. The Hall–Kier alpha value is -3.23. The first-order valence-corrected chi connectivity index (χ1v) is 12.9. The summed E-state index contributed by atoms with van der Waals surface area (Å²) in [5.74, 6) is 2.86. The fraction of sp³-hybridized carbons (Fsp3) is 0.333. The highest BCUT2D eigenvalue weighted by atomic mass is 35.5. The van der Waals surface area contributed by atoms with Gasteiger partial charge in [-0.25, -0.2) is 4.98 Å². The lowest BCUT2D eigenvalue weighted by Gasteiger charge is -2.14. The number of hydrogen-bond donors (Lipinski definition) is 0. The Bertz CT molecular complexity index is 1330. The van der Waals surface area contributed by atoms with Crippen molar-refractivity contribution in [3.8, 4) is 17.2 Å². The van der Waals surface area contributed by atoms with Gasteiger partial charge >= 0.3 is 5.97 Å². The van der Waals surface area contributed by atoms with E-state index in [9.17, 15) is 4.79 Å². The van der Waals surface area contributed by atoms with Crippen molar-refractivity contribution in [3.05, 3.63) is 69.1 Å². The van der Waals surface area contributed by atoms with Crippen LogP contribution in [0.15, 0.2) is 48.5 Å². The second-order valence-electron chi connectivity index (χ2n) is 8.11. The first-order valence-electron chi connectivity index (χ1n) is 11.7. The molecule has 0 bridgehead atoms. The van der Waals surface area contributed by atoms with Gasteiger partial charge < -0.3 is 23.5 Å². The molecule has 0 saturated carbocycles. The molecule has 2 aromatic carbocycles. The van der Waals surface area contributed by atoms with Crippen molar-refractivity contribution >= 4 is 39.9 Å². The van der Waals surface area contributed by atoms with Crippen molar-refractivity contribution in [1.29, 1.82) is 0 Å². The van der Waals surface area contributed by atoms with Gasteiger partial charge in [0.1, 0.15) is 29.7 Å². The number of fused-ring (bicyclic) bond motifs is 1. The van der Waals surface area contributed by atoms with E-state index < -0.39 is 0 Å². The number of ether oxygens (including phenoxy) is 4. The van der Waals surface area contributed by atoms with Crippen molar-refractivity contribution in [3.63, 3.8) is 0 Å². The molecule has 9 heteroatoms. The van der Waals surface area contributed by atoms with Crippen LogP contribution >= 0.6 is 22.9 Å². The molecule has 0 saturated heterocycles. The first-order chi connectivity index (χ1) is 17.5. The molecule has 0 N–H and O–H groups in total. The van der Waals surface area contributed by atoms with Gasteiger partial charge in [0.15, 0.2) is 0 Å². The fourth-order valence-corrected chi connectivity index (χ4v) is 4.84. The molecule has 36 heavy (non-hydrogen) atoms. The van der Waals surface area contributed by atoms with Gasteiger partial charge in [0, 0.05) is 36.9 Å². The zero-order valence-electron chi connectivity index (χ0n) is 20.6. The molecule has 0 spiro atoms. The summed E-state index contributed by atoms with van der Waals surface area (Å²) in [5, 5.41) is 0. The van der Waals surface area contributed by atoms with Gasteiger partial charge in [-0.05, 0) is 49.2 Å². The molecule has 0 unspecified atom stereocenters. The molecule has 0 amide bonds. The van der Waals surface area contributed by atoms with Gasteiger partial charge in [-0.2, -0.15) is 0 Å². The van der Waals surface area contributed by atoms with Crippen LogP contribution in [0.4, 0.5) is 0 Å². The Morgan fingerprint density at radius 3 is 2.64 bits per heavy atom. The van der Waals surface area contributed by atoms with Gasteiger partial charge in [0.25, 0.3) is 0 Å². The molecule has 190 valence electrons. The number of carbonyl (C=O) groups excluding carboxylic acids is 1. The number of benzene rings is 2. The average molecular weight is 529 g/mol. The van der Waals surface area contributed by atoms with E-state index in [1.54, 1.807) is 14.0 Å². The molecule has 2 aromatic heterocycles. The van der Waals surface area contributed by atoms with Crippen LogP contribution in [0.5, 0.6) is 17.2 Å². The average Bonchev–Trinajstić information content (AvgIpc) is 3.44. The third-order valence-electron chi connectivity index (χ3n) is 5.72. The molecule has 0 radical (unpaired) electrons. The summed E-state index contributed by atoms with van der Waals surface area (Å²) in [6, 6.07) is 15.3. The van der Waals surface area contributed by atoms with Crippen LogP contribution < -0.4 is 14.2 Å². The summed E-state index contributed by atoms with van der Waals surface area (Å²) in [6.07, 6.45) is 1.44. The topological polar surface area (TPSA) is 71.8 Å². The Balaban J connectivity index is 1.43. The number of methoxy groups -OCH3 is 1. The van der Waals surface area contributed by atoms with E-state index in [0.717, 1.165) is 33.0 Å². The quantitative estimate of drug-likeness (QED) is 0.210. The van der Waals surface area contributed by atoms with Gasteiger partial charge in [-0.3, -0.25) is 4.79 Å². The van der Waals surface area contributed by atoms with Crippen LogP contribution in [0.1, 0.15) is 29.6 Å². The second-order valence-corrected chi connectivity index (χ2v) is 9.91. The van der Waals surface area contributed by atoms with E-state index in [0.29, 0.717) is 48.5 Å². The Morgan fingerprint density at radius 2 is 1.89 bits per heavy atom.